The van der Waals surface area contributed by atoms with Crippen molar-refractivity contribution in [3.05, 3.63) is 116 Å². The molecule has 5 nitrogen and oxygen atoms in total. The lowest BCUT2D eigenvalue weighted by molar-refractivity contribution is -0.384. The Morgan fingerprint density at radius 2 is 1.70 bits per heavy atom. The number of rotatable bonds is 4. The van der Waals surface area contributed by atoms with Crippen molar-refractivity contribution >= 4 is 45.0 Å². The Hall–Kier alpha value is -3.51. The highest BCUT2D eigenvalue weighted by Crippen LogP contribution is 2.37. The fourth-order valence-electron chi connectivity index (χ4n) is 3.42. The van der Waals surface area contributed by atoms with E-state index in [2.05, 4.69) is 15.9 Å². The molecule has 0 unspecified atom stereocenters. The monoisotopic (exact) mass is 460 g/mol. The van der Waals surface area contributed by atoms with Gasteiger partial charge in [0.25, 0.3) is 11.6 Å². The van der Waals surface area contributed by atoms with Crippen molar-refractivity contribution in [2.45, 2.75) is 6.92 Å². The number of nitro groups is 1. The molecular weight excluding hydrogens is 444 g/mol. The minimum absolute atomic E-state index is 0.0162. The Balaban J connectivity index is 1.80. The van der Waals surface area contributed by atoms with Gasteiger partial charge in [-0.2, -0.15) is 0 Å². The van der Waals surface area contributed by atoms with Gasteiger partial charge in [-0.25, -0.2) is 0 Å². The van der Waals surface area contributed by atoms with Gasteiger partial charge in [-0.05, 0) is 66.1 Å². The van der Waals surface area contributed by atoms with Gasteiger partial charge in [-0.3, -0.25) is 19.8 Å². The number of nitrogens with zero attached hydrogens (tertiary/aromatic N) is 2. The van der Waals surface area contributed by atoms with Crippen LogP contribution in [0.1, 0.15) is 16.7 Å². The van der Waals surface area contributed by atoms with Crippen LogP contribution in [0.15, 0.2) is 88.9 Å². The van der Waals surface area contributed by atoms with Crippen molar-refractivity contribution in [3.63, 3.8) is 0 Å². The van der Waals surface area contributed by atoms with Crippen LogP contribution in [0.4, 0.5) is 11.4 Å². The van der Waals surface area contributed by atoms with Crippen molar-refractivity contribution in [1.82, 2.24) is 0 Å². The van der Waals surface area contributed by atoms with Gasteiger partial charge in [0.2, 0.25) is 0 Å². The SMILES string of the molecule is Cc1cc(Br)ccc1N1C(=O)C(=Cc2ccc([N+](=O)[O-])cc2)C=C1c1ccccc1. The first-order valence-electron chi connectivity index (χ1n) is 9.28. The molecule has 148 valence electrons. The van der Waals surface area contributed by atoms with Gasteiger partial charge in [0.1, 0.15) is 0 Å². The summed E-state index contributed by atoms with van der Waals surface area (Å²) in [5.41, 5.74) is 4.76. The van der Waals surface area contributed by atoms with Crippen LogP contribution in [-0.2, 0) is 4.79 Å². The molecule has 4 rings (SSSR count). The molecule has 0 spiro atoms. The molecule has 1 heterocycles. The predicted octanol–water partition coefficient (Wildman–Crippen LogP) is 6.14. The average molecular weight is 461 g/mol. The standard InChI is InChI=1S/C24H17BrN2O3/c1-16-13-20(25)9-12-22(16)26-23(18-5-3-2-4-6-18)15-19(24(26)28)14-17-7-10-21(11-8-17)27(29)30/h2-15H,1H3. The van der Waals surface area contributed by atoms with E-state index in [0.717, 1.165) is 32.5 Å². The molecular formula is C24H17BrN2O3. The van der Waals surface area contributed by atoms with Gasteiger partial charge >= 0.3 is 0 Å². The molecule has 0 bridgehead atoms. The summed E-state index contributed by atoms with van der Waals surface area (Å²) in [5.74, 6) is -0.141. The van der Waals surface area contributed by atoms with E-state index in [9.17, 15) is 14.9 Å². The maximum Gasteiger partial charge on any atom is 0.269 e. The summed E-state index contributed by atoms with van der Waals surface area (Å²) in [7, 11) is 0. The van der Waals surface area contributed by atoms with Crippen LogP contribution in [0.25, 0.3) is 11.8 Å². The van der Waals surface area contributed by atoms with Crippen molar-refractivity contribution in [1.29, 1.82) is 0 Å². The summed E-state index contributed by atoms with van der Waals surface area (Å²) >= 11 is 3.47. The Bertz CT molecular complexity index is 1200. The minimum atomic E-state index is -0.441. The van der Waals surface area contributed by atoms with Crippen LogP contribution in [0.3, 0.4) is 0 Å². The average Bonchev–Trinajstić information content (AvgIpc) is 3.05. The quantitative estimate of drug-likeness (QED) is 0.267. The van der Waals surface area contributed by atoms with Crippen LogP contribution >= 0.6 is 15.9 Å². The van der Waals surface area contributed by atoms with Gasteiger partial charge < -0.3 is 0 Å². The topological polar surface area (TPSA) is 63.5 Å². The lowest BCUT2D eigenvalue weighted by Gasteiger charge is -2.23. The van der Waals surface area contributed by atoms with E-state index in [1.54, 1.807) is 23.1 Å². The number of hydrogen-bond acceptors (Lipinski definition) is 3. The van der Waals surface area contributed by atoms with Crippen LogP contribution < -0.4 is 4.90 Å². The largest absolute Gasteiger partial charge is 0.276 e. The Kier molecular flexibility index (Phi) is 5.33. The molecule has 3 aromatic rings. The van der Waals surface area contributed by atoms with Gasteiger partial charge in [0, 0.05) is 22.2 Å². The molecule has 30 heavy (non-hydrogen) atoms. The summed E-state index contributed by atoms with van der Waals surface area (Å²) in [5, 5.41) is 10.9. The zero-order chi connectivity index (χ0) is 21.3. The molecule has 1 aliphatic heterocycles. The van der Waals surface area contributed by atoms with Crippen LogP contribution in [0, 0.1) is 17.0 Å². The van der Waals surface area contributed by atoms with E-state index in [1.807, 2.05) is 61.5 Å². The van der Waals surface area contributed by atoms with Crippen molar-refractivity contribution in [3.8, 4) is 0 Å². The van der Waals surface area contributed by atoms with Crippen LogP contribution in [-0.4, -0.2) is 10.8 Å². The highest BCUT2D eigenvalue weighted by Gasteiger charge is 2.31. The fraction of sp³-hybridized carbons (Fsp3) is 0.0417. The van der Waals surface area contributed by atoms with E-state index in [4.69, 9.17) is 0 Å². The van der Waals surface area contributed by atoms with Crippen molar-refractivity contribution in [2.24, 2.45) is 0 Å². The number of anilines is 1. The maximum absolute atomic E-state index is 13.4. The second-order valence-electron chi connectivity index (χ2n) is 6.92. The summed E-state index contributed by atoms with van der Waals surface area (Å²) in [6, 6.07) is 21.7. The molecule has 0 radical (unpaired) electrons. The maximum atomic E-state index is 13.4. The van der Waals surface area contributed by atoms with E-state index in [0.29, 0.717) is 5.57 Å². The predicted molar refractivity (Wildman–Crippen MR) is 122 cm³/mol. The number of nitro benzene ring substituents is 1. The zero-order valence-electron chi connectivity index (χ0n) is 16.1. The summed E-state index contributed by atoms with van der Waals surface area (Å²) in [6.07, 6.45) is 3.61. The van der Waals surface area contributed by atoms with Gasteiger partial charge in [-0.1, -0.05) is 46.3 Å². The Labute approximate surface area is 182 Å². The lowest BCUT2D eigenvalue weighted by Crippen LogP contribution is -2.25. The number of carbonyl (C=O) groups excluding carboxylic acids is 1. The van der Waals surface area contributed by atoms with Crippen LogP contribution in [0.2, 0.25) is 0 Å². The number of halogens is 1. The van der Waals surface area contributed by atoms with Crippen molar-refractivity contribution in [2.75, 3.05) is 4.90 Å². The van der Waals surface area contributed by atoms with Gasteiger partial charge in [0.05, 0.1) is 16.3 Å². The smallest absolute Gasteiger partial charge is 0.269 e. The molecule has 0 atom stereocenters. The Morgan fingerprint density at radius 3 is 2.33 bits per heavy atom. The highest BCUT2D eigenvalue weighted by molar-refractivity contribution is 9.10. The molecule has 1 aliphatic rings. The molecule has 6 heteroatoms. The molecule has 0 saturated carbocycles. The van der Waals surface area contributed by atoms with E-state index >= 15 is 0 Å². The number of non-ortho nitro benzene ring substituents is 1. The van der Waals surface area contributed by atoms with Gasteiger partial charge in [0.15, 0.2) is 0 Å². The minimum Gasteiger partial charge on any atom is -0.276 e. The molecule has 0 aromatic heterocycles. The third kappa shape index (κ3) is 3.82. The van der Waals surface area contributed by atoms with E-state index in [1.165, 1.54) is 12.1 Å². The first-order valence-corrected chi connectivity index (χ1v) is 10.1. The first kappa shape index (κ1) is 19.8. The summed E-state index contributed by atoms with van der Waals surface area (Å²) < 4.78 is 0.947. The molecule has 0 N–H and O–H groups in total. The number of benzene rings is 3. The second kappa shape index (κ2) is 8.08. The number of carbonyl (C=O) groups is 1. The third-order valence-electron chi connectivity index (χ3n) is 4.88. The van der Waals surface area contributed by atoms with Crippen LogP contribution in [0.5, 0.6) is 0 Å². The molecule has 3 aromatic carbocycles. The van der Waals surface area contributed by atoms with E-state index < -0.39 is 4.92 Å². The fourth-order valence-corrected chi connectivity index (χ4v) is 3.89. The zero-order valence-corrected chi connectivity index (χ0v) is 17.7. The van der Waals surface area contributed by atoms with E-state index in [-0.39, 0.29) is 11.6 Å². The summed E-state index contributed by atoms with van der Waals surface area (Å²) in [4.78, 5) is 25.5. The molecule has 0 fully saturated rings. The highest BCUT2D eigenvalue weighted by atomic mass is 79.9. The molecule has 0 aliphatic carbocycles. The summed E-state index contributed by atoms with van der Waals surface area (Å²) in [6.45, 7) is 1.97. The molecule has 0 saturated heterocycles. The number of amides is 1. The lowest BCUT2D eigenvalue weighted by atomic mass is 10.1. The molecule has 1 amide bonds. The third-order valence-corrected chi connectivity index (χ3v) is 5.37. The number of hydrogen-bond donors (Lipinski definition) is 0. The Morgan fingerprint density at radius 1 is 1.00 bits per heavy atom. The van der Waals surface area contributed by atoms with Crippen molar-refractivity contribution < 1.29 is 9.72 Å². The number of aryl methyl sites for hydroxylation is 1. The second-order valence-corrected chi connectivity index (χ2v) is 7.83. The van der Waals surface area contributed by atoms with Gasteiger partial charge in [-0.15, -0.1) is 0 Å². The first-order chi connectivity index (χ1) is 14.4. The normalized spacial score (nSPS) is 14.9.